The van der Waals surface area contributed by atoms with Crippen molar-refractivity contribution >= 4 is 33.6 Å². The van der Waals surface area contributed by atoms with Crippen LogP contribution in [0.2, 0.25) is 0 Å². The molecule has 0 bridgehead atoms. The van der Waals surface area contributed by atoms with E-state index in [4.69, 9.17) is 9.97 Å². The molecule has 1 saturated carbocycles. The van der Waals surface area contributed by atoms with Gasteiger partial charge in [0.05, 0.1) is 11.0 Å². The topological polar surface area (TPSA) is 66.0 Å². The standard InChI is InChI=1S/C27H32N6/c1-33(2)26-23-8-4-6-10-25(23)31-27(32-26)30-22-13-11-19(12-14-22)16-28-17-20-15-21-7-3-5-9-24(21)29-18-20/h3-10,15,18-19,22,28H,11-14,16-17H2,1-2H3,(H,30,31,32)/t19-,22+. The van der Waals surface area contributed by atoms with Crippen molar-refractivity contribution in [1.82, 2.24) is 20.3 Å². The van der Waals surface area contributed by atoms with E-state index in [2.05, 4.69) is 56.9 Å². The van der Waals surface area contributed by atoms with E-state index in [9.17, 15) is 0 Å². The van der Waals surface area contributed by atoms with E-state index in [0.717, 1.165) is 54.1 Å². The van der Waals surface area contributed by atoms with Gasteiger partial charge in [0.2, 0.25) is 5.95 Å². The zero-order valence-corrected chi connectivity index (χ0v) is 19.5. The van der Waals surface area contributed by atoms with Crippen LogP contribution in [0.5, 0.6) is 0 Å². The quantitative estimate of drug-likeness (QED) is 0.421. The van der Waals surface area contributed by atoms with Gasteiger partial charge in [0.15, 0.2) is 0 Å². The Bertz CT molecular complexity index is 1230. The Kier molecular flexibility index (Phi) is 6.35. The lowest BCUT2D eigenvalue weighted by Gasteiger charge is -2.29. The first-order chi connectivity index (χ1) is 16.2. The maximum Gasteiger partial charge on any atom is 0.225 e. The first kappa shape index (κ1) is 21.6. The second kappa shape index (κ2) is 9.71. The van der Waals surface area contributed by atoms with Crippen LogP contribution in [-0.2, 0) is 6.54 Å². The van der Waals surface area contributed by atoms with Crippen molar-refractivity contribution in [2.45, 2.75) is 38.3 Å². The van der Waals surface area contributed by atoms with Crippen molar-refractivity contribution in [3.8, 4) is 0 Å². The van der Waals surface area contributed by atoms with Crippen LogP contribution in [0.4, 0.5) is 11.8 Å². The normalized spacial score (nSPS) is 18.5. The zero-order chi connectivity index (χ0) is 22.6. The molecule has 4 aromatic rings. The number of nitrogens with zero attached hydrogens (tertiary/aromatic N) is 4. The van der Waals surface area contributed by atoms with Crippen LogP contribution in [0, 0.1) is 5.92 Å². The van der Waals surface area contributed by atoms with Crippen molar-refractivity contribution in [3.63, 3.8) is 0 Å². The molecule has 170 valence electrons. The largest absolute Gasteiger partial charge is 0.362 e. The fourth-order valence-electron chi connectivity index (χ4n) is 4.79. The molecule has 2 aromatic carbocycles. The molecule has 0 atom stereocenters. The fraction of sp³-hybridized carbons (Fsp3) is 0.370. The van der Waals surface area contributed by atoms with Crippen LogP contribution in [0.15, 0.2) is 60.8 Å². The van der Waals surface area contributed by atoms with Gasteiger partial charge < -0.3 is 15.5 Å². The maximum absolute atomic E-state index is 4.80. The van der Waals surface area contributed by atoms with E-state index in [1.54, 1.807) is 0 Å². The van der Waals surface area contributed by atoms with Gasteiger partial charge in [0, 0.05) is 43.7 Å². The van der Waals surface area contributed by atoms with E-state index < -0.39 is 0 Å². The van der Waals surface area contributed by atoms with Gasteiger partial charge in [0.1, 0.15) is 5.82 Å². The van der Waals surface area contributed by atoms with Gasteiger partial charge in [-0.15, -0.1) is 0 Å². The van der Waals surface area contributed by atoms with Crippen LogP contribution < -0.4 is 15.5 Å². The second-order valence-corrected chi connectivity index (χ2v) is 9.31. The van der Waals surface area contributed by atoms with Gasteiger partial charge in [-0.3, -0.25) is 4.98 Å². The van der Waals surface area contributed by atoms with Gasteiger partial charge in [-0.05, 0) is 68.0 Å². The lowest BCUT2D eigenvalue weighted by Crippen LogP contribution is -2.31. The molecule has 0 spiro atoms. The Morgan fingerprint density at radius 1 is 0.909 bits per heavy atom. The number of hydrogen-bond donors (Lipinski definition) is 2. The summed E-state index contributed by atoms with van der Waals surface area (Å²) in [5, 5.41) is 9.55. The van der Waals surface area contributed by atoms with Crippen molar-refractivity contribution in [1.29, 1.82) is 0 Å². The van der Waals surface area contributed by atoms with Crippen LogP contribution in [-0.4, -0.2) is 41.6 Å². The maximum atomic E-state index is 4.80. The summed E-state index contributed by atoms with van der Waals surface area (Å²) < 4.78 is 0. The third-order valence-electron chi connectivity index (χ3n) is 6.60. The molecular formula is C27H32N6. The highest BCUT2D eigenvalue weighted by molar-refractivity contribution is 5.90. The van der Waals surface area contributed by atoms with Gasteiger partial charge in [0.25, 0.3) is 0 Å². The second-order valence-electron chi connectivity index (χ2n) is 9.31. The number of para-hydroxylation sites is 2. The molecule has 6 nitrogen and oxygen atoms in total. The fourth-order valence-corrected chi connectivity index (χ4v) is 4.79. The van der Waals surface area contributed by atoms with Crippen LogP contribution in [0.3, 0.4) is 0 Å². The monoisotopic (exact) mass is 440 g/mol. The predicted octanol–water partition coefficient (Wildman–Crippen LogP) is 5.00. The summed E-state index contributed by atoms with van der Waals surface area (Å²) in [5.41, 5.74) is 3.29. The predicted molar refractivity (Wildman–Crippen MR) is 137 cm³/mol. The lowest BCUT2D eigenvalue weighted by molar-refractivity contribution is 0.324. The van der Waals surface area contributed by atoms with Crippen LogP contribution >= 0.6 is 0 Å². The summed E-state index contributed by atoms with van der Waals surface area (Å²) in [6.07, 6.45) is 6.72. The molecular weight excluding hydrogens is 408 g/mol. The Hall–Kier alpha value is -3.25. The lowest BCUT2D eigenvalue weighted by atomic mass is 9.86. The number of rotatable bonds is 7. The van der Waals surface area contributed by atoms with E-state index in [1.807, 2.05) is 38.5 Å². The molecule has 1 aliphatic rings. The highest BCUT2D eigenvalue weighted by Gasteiger charge is 2.22. The van der Waals surface area contributed by atoms with E-state index in [-0.39, 0.29) is 0 Å². The number of nitrogens with one attached hydrogen (secondary N) is 2. The molecule has 0 radical (unpaired) electrons. The average Bonchev–Trinajstić information content (AvgIpc) is 2.84. The van der Waals surface area contributed by atoms with Gasteiger partial charge in [-0.1, -0.05) is 30.3 Å². The SMILES string of the molecule is CN(C)c1nc(N[C@H]2CC[C@@H](CNCc3cnc4ccccc4c3)CC2)nc2ccccc12. The number of pyridine rings is 1. The first-order valence-electron chi connectivity index (χ1n) is 11.9. The zero-order valence-electron chi connectivity index (χ0n) is 19.5. The van der Waals surface area contributed by atoms with Crippen LogP contribution in [0.1, 0.15) is 31.2 Å². The Morgan fingerprint density at radius 3 is 2.48 bits per heavy atom. The van der Waals surface area contributed by atoms with Gasteiger partial charge >= 0.3 is 0 Å². The molecule has 2 heterocycles. The molecule has 1 fully saturated rings. The van der Waals surface area contributed by atoms with Crippen molar-refractivity contribution in [2.24, 2.45) is 5.92 Å². The summed E-state index contributed by atoms with van der Waals surface area (Å²) >= 11 is 0. The third-order valence-corrected chi connectivity index (χ3v) is 6.60. The first-order valence-corrected chi connectivity index (χ1v) is 11.9. The molecule has 0 saturated heterocycles. The minimum atomic E-state index is 0.433. The highest BCUT2D eigenvalue weighted by Crippen LogP contribution is 2.28. The molecule has 1 aliphatic carbocycles. The highest BCUT2D eigenvalue weighted by atomic mass is 15.2. The number of hydrogen-bond acceptors (Lipinski definition) is 6. The summed E-state index contributed by atoms with van der Waals surface area (Å²) in [5.74, 6) is 2.42. The molecule has 2 aromatic heterocycles. The van der Waals surface area contributed by atoms with Crippen molar-refractivity contribution in [3.05, 3.63) is 66.4 Å². The van der Waals surface area contributed by atoms with Gasteiger partial charge in [-0.25, -0.2) is 4.98 Å². The van der Waals surface area contributed by atoms with Crippen molar-refractivity contribution in [2.75, 3.05) is 30.9 Å². The molecule has 0 aliphatic heterocycles. The minimum absolute atomic E-state index is 0.433. The van der Waals surface area contributed by atoms with E-state index >= 15 is 0 Å². The number of aromatic nitrogens is 3. The molecule has 33 heavy (non-hydrogen) atoms. The molecule has 6 heteroatoms. The molecule has 0 unspecified atom stereocenters. The van der Waals surface area contributed by atoms with Crippen molar-refractivity contribution < 1.29 is 0 Å². The summed E-state index contributed by atoms with van der Waals surface area (Å²) in [6.45, 7) is 1.92. The number of benzene rings is 2. The Morgan fingerprint density at radius 2 is 1.67 bits per heavy atom. The Labute approximate surface area is 195 Å². The average molecular weight is 441 g/mol. The Balaban J connectivity index is 1.13. The van der Waals surface area contributed by atoms with E-state index in [0.29, 0.717) is 12.0 Å². The van der Waals surface area contributed by atoms with E-state index in [1.165, 1.54) is 23.8 Å². The molecule has 5 rings (SSSR count). The summed E-state index contributed by atoms with van der Waals surface area (Å²) in [6, 6.07) is 19.2. The van der Waals surface area contributed by atoms with Crippen LogP contribution in [0.25, 0.3) is 21.8 Å². The molecule has 0 amide bonds. The summed E-state index contributed by atoms with van der Waals surface area (Å²) in [7, 11) is 4.06. The smallest absolute Gasteiger partial charge is 0.225 e. The molecule has 2 N–H and O–H groups in total. The third kappa shape index (κ3) is 5.06. The number of fused-ring (bicyclic) bond motifs is 2. The summed E-state index contributed by atoms with van der Waals surface area (Å²) in [4.78, 5) is 16.2. The number of anilines is 2. The van der Waals surface area contributed by atoms with Gasteiger partial charge in [-0.2, -0.15) is 4.98 Å². The minimum Gasteiger partial charge on any atom is -0.362 e.